The zero-order valence-electron chi connectivity index (χ0n) is 23.1. The highest BCUT2D eigenvalue weighted by Crippen LogP contribution is 2.31. The number of aromatic hydroxyl groups is 1. The first-order valence-corrected chi connectivity index (χ1v) is 15.7. The second-order valence-corrected chi connectivity index (χ2v) is 12.4. The van der Waals surface area contributed by atoms with Crippen molar-refractivity contribution in [2.45, 2.75) is 6.42 Å². The number of halogens is 4. The number of rotatable bonds is 6. The van der Waals surface area contributed by atoms with Crippen molar-refractivity contribution in [3.05, 3.63) is 118 Å². The lowest BCUT2D eigenvalue weighted by molar-refractivity contribution is -0.136. The molecular formula is C32H24Br4O8. The Kier molecular flexibility index (Phi) is 13.2. The normalized spacial score (nSPS) is 10.1. The van der Waals surface area contributed by atoms with Crippen LogP contribution in [-0.4, -0.2) is 36.7 Å². The average Bonchev–Trinajstić information content (AvgIpc) is 3.00. The number of fused-ring (bicyclic) bond motifs is 1. The molecule has 0 aliphatic rings. The Hall–Kier alpha value is -3.45. The molecule has 0 amide bonds. The number of carbonyl (C=O) groups excluding carboxylic acids is 1. The number of carbonyl (C=O) groups is 2. The summed E-state index contributed by atoms with van der Waals surface area (Å²) in [7, 11) is 3.18. The van der Waals surface area contributed by atoms with Crippen LogP contribution in [-0.2, 0) is 11.2 Å². The molecule has 4 aromatic carbocycles. The van der Waals surface area contributed by atoms with Crippen LogP contribution >= 0.6 is 63.7 Å². The first-order valence-electron chi connectivity index (χ1n) is 12.5. The molecule has 5 rings (SSSR count). The van der Waals surface area contributed by atoms with Gasteiger partial charge < -0.3 is 24.1 Å². The Bertz CT molecular complexity index is 1820. The minimum atomic E-state index is -0.819. The number of carboxylic acids is 1. The van der Waals surface area contributed by atoms with Gasteiger partial charge in [0.2, 0.25) is 0 Å². The van der Waals surface area contributed by atoms with Crippen molar-refractivity contribution in [1.29, 1.82) is 0 Å². The number of carboxylic acid groups (broad SMARTS) is 1. The summed E-state index contributed by atoms with van der Waals surface area (Å²) >= 11 is 13.1. The molecule has 0 atom stereocenters. The van der Waals surface area contributed by atoms with Gasteiger partial charge in [-0.05, 0) is 97.6 Å². The molecule has 12 heteroatoms. The van der Waals surface area contributed by atoms with E-state index in [9.17, 15) is 19.5 Å². The molecule has 8 nitrogen and oxygen atoms in total. The van der Waals surface area contributed by atoms with Crippen molar-refractivity contribution in [2.24, 2.45) is 0 Å². The monoisotopic (exact) mass is 852 g/mol. The summed E-state index contributed by atoms with van der Waals surface area (Å²) in [5.41, 5.74) is 2.54. The molecular weight excluding hydrogens is 832 g/mol. The number of ether oxygens (including phenoxy) is 2. The van der Waals surface area contributed by atoms with E-state index in [0.717, 1.165) is 41.4 Å². The maximum Gasteiger partial charge on any atom is 0.344 e. The zero-order valence-corrected chi connectivity index (χ0v) is 29.5. The fourth-order valence-corrected chi connectivity index (χ4v) is 6.32. The van der Waals surface area contributed by atoms with Crippen molar-refractivity contribution < 1.29 is 33.7 Å². The van der Waals surface area contributed by atoms with E-state index in [0.29, 0.717) is 21.9 Å². The number of hydrogen-bond donors (Lipinski definition) is 2. The van der Waals surface area contributed by atoms with Crippen LogP contribution in [0.25, 0.3) is 22.1 Å². The number of methoxy groups -OCH3 is 2. The van der Waals surface area contributed by atoms with E-state index in [1.54, 1.807) is 50.6 Å². The van der Waals surface area contributed by atoms with Gasteiger partial charge in [-0.15, -0.1) is 0 Å². The van der Waals surface area contributed by atoms with E-state index < -0.39 is 5.97 Å². The highest BCUT2D eigenvalue weighted by Gasteiger charge is 2.11. The Labute approximate surface area is 286 Å². The quantitative estimate of drug-likeness (QED) is 0.128. The zero-order chi connectivity index (χ0) is 32.4. The molecule has 0 aliphatic heterocycles. The number of phenols is 1. The Morgan fingerprint density at radius 3 is 1.91 bits per heavy atom. The SMILES string of the molecule is COc1ccc(-c2cc3cc(Br)cc(Br)c3oc2=O)cc1.COc1ccc(CC(=O)O)cc1.O=Cc1cc(Br)cc(Br)c1O. The van der Waals surface area contributed by atoms with Gasteiger partial charge in [0.05, 0.1) is 40.7 Å². The molecule has 0 spiro atoms. The smallest absolute Gasteiger partial charge is 0.344 e. The predicted octanol–water partition coefficient (Wildman–Crippen LogP) is 9.05. The molecule has 228 valence electrons. The van der Waals surface area contributed by atoms with Crippen molar-refractivity contribution in [2.75, 3.05) is 14.2 Å². The topological polar surface area (TPSA) is 123 Å². The minimum Gasteiger partial charge on any atom is -0.506 e. The summed E-state index contributed by atoms with van der Waals surface area (Å²) in [4.78, 5) is 32.8. The fraction of sp³-hybridized carbons (Fsp3) is 0.0938. The summed E-state index contributed by atoms with van der Waals surface area (Å²) in [5, 5.41) is 18.5. The van der Waals surface area contributed by atoms with Gasteiger partial charge in [0.1, 0.15) is 17.2 Å². The maximum absolute atomic E-state index is 12.2. The van der Waals surface area contributed by atoms with Crippen molar-refractivity contribution in [3.8, 4) is 28.4 Å². The second kappa shape index (κ2) is 16.6. The summed E-state index contributed by atoms with van der Waals surface area (Å²) < 4.78 is 18.4. The average molecular weight is 856 g/mol. The molecule has 0 saturated carbocycles. The lowest BCUT2D eigenvalue weighted by atomic mass is 10.1. The molecule has 44 heavy (non-hydrogen) atoms. The third-order valence-corrected chi connectivity index (χ3v) is 7.96. The number of hydrogen-bond acceptors (Lipinski definition) is 7. The van der Waals surface area contributed by atoms with E-state index >= 15 is 0 Å². The van der Waals surface area contributed by atoms with Crippen LogP contribution in [0.2, 0.25) is 0 Å². The molecule has 1 aromatic heterocycles. The number of aldehydes is 1. The molecule has 0 radical (unpaired) electrons. The van der Waals surface area contributed by atoms with Crippen molar-refractivity contribution >= 4 is 86.9 Å². The van der Waals surface area contributed by atoms with Gasteiger partial charge in [-0.3, -0.25) is 9.59 Å². The minimum absolute atomic E-state index is 0.0248. The van der Waals surface area contributed by atoms with Crippen LogP contribution in [0.4, 0.5) is 0 Å². The standard InChI is InChI=1S/C16H10Br2O3.C9H10O3.C7H4Br2O2/c1-20-12-4-2-9(3-5-12)13-7-10-6-11(17)8-14(18)15(10)21-16(13)19;1-12-8-4-2-7(3-5-8)6-9(10)11;8-5-1-4(3-10)7(11)6(9)2-5/h2-8H,1H3;2-5H,6H2,1H3,(H,10,11);1-3,11H. The summed E-state index contributed by atoms with van der Waals surface area (Å²) in [6.45, 7) is 0. The molecule has 0 saturated heterocycles. The summed E-state index contributed by atoms with van der Waals surface area (Å²) in [6, 6.07) is 23.1. The summed E-state index contributed by atoms with van der Waals surface area (Å²) in [5.74, 6) is 0.641. The molecule has 5 aromatic rings. The van der Waals surface area contributed by atoms with Gasteiger partial charge in [-0.25, -0.2) is 4.79 Å². The molecule has 0 bridgehead atoms. The number of benzene rings is 4. The third-order valence-electron chi connectivity index (χ3n) is 5.85. The second-order valence-electron chi connectivity index (χ2n) is 8.84. The first-order chi connectivity index (χ1) is 20.9. The lowest BCUT2D eigenvalue weighted by Gasteiger charge is -2.05. The van der Waals surface area contributed by atoms with Crippen LogP contribution in [0.5, 0.6) is 17.2 Å². The molecule has 0 aliphatic carbocycles. The predicted molar refractivity (Wildman–Crippen MR) is 183 cm³/mol. The van der Waals surface area contributed by atoms with Crippen LogP contribution in [0.15, 0.2) is 106 Å². The van der Waals surface area contributed by atoms with E-state index in [1.807, 2.05) is 42.5 Å². The Balaban J connectivity index is 0.000000196. The number of aliphatic carboxylic acids is 1. The molecule has 1 heterocycles. The van der Waals surface area contributed by atoms with Crippen molar-refractivity contribution in [3.63, 3.8) is 0 Å². The molecule has 2 N–H and O–H groups in total. The first kappa shape index (κ1) is 35.0. The van der Waals surface area contributed by atoms with Crippen LogP contribution in [0.1, 0.15) is 15.9 Å². The van der Waals surface area contributed by atoms with Crippen LogP contribution in [0, 0.1) is 0 Å². The van der Waals surface area contributed by atoms with Gasteiger partial charge in [-0.1, -0.05) is 56.1 Å². The molecule has 0 unspecified atom stereocenters. The fourth-order valence-electron chi connectivity index (χ4n) is 3.72. The highest BCUT2D eigenvalue weighted by molar-refractivity contribution is 9.11. The van der Waals surface area contributed by atoms with Gasteiger partial charge in [0.15, 0.2) is 11.9 Å². The Morgan fingerprint density at radius 1 is 0.818 bits per heavy atom. The van der Waals surface area contributed by atoms with Gasteiger partial charge in [-0.2, -0.15) is 0 Å². The maximum atomic E-state index is 12.2. The van der Waals surface area contributed by atoms with E-state index in [2.05, 4.69) is 63.7 Å². The summed E-state index contributed by atoms with van der Waals surface area (Å²) in [6.07, 6.45) is 0.662. The van der Waals surface area contributed by atoms with Crippen LogP contribution in [0.3, 0.4) is 0 Å². The largest absolute Gasteiger partial charge is 0.506 e. The van der Waals surface area contributed by atoms with E-state index in [1.165, 1.54) is 0 Å². The van der Waals surface area contributed by atoms with Gasteiger partial charge in [0, 0.05) is 14.3 Å². The van der Waals surface area contributed by atoms with Gasteiger partial charge >= 0.3 is 11.6 Å². The van der Waals surface area contributed by atoms with Crippen LogP contribution < -0.4 is 15.1 Å². The van der Waals surface area contributed by atoms with Gasteiger partial charge in [0.25, 0.3) is 0 Å². The highest BCUT2D eigenvalue weighted by atomic mass is 79.9. The molecule has 0 fully saturated rings. The third kappa shape index (κ3) is 9.78. The lowest BCUT2D eigenvalue weighted by Crippen LogP contribution is -2.02. The Morgan fingerprint density at radius 2 is 1.36 bits per heavy atom. The van der Waals surface area contributed by atoms with E-state index in [4.69, 9.17) is 19.0 Å². The van der Waals surface area contributed by atoms with E-state index in [-0.39, 0.29) is 23.4 Å². The number of phenolic OH excluding ortho intramolecular Hbond substituents is 1. The van der Waals surface area contributed by atoms with Crippen molar-refractivity contribution in [1.82, 2.24) is 0 Å².